The molecule has 0 aromatic heterocycles. The zero-order chi connectivity index (χ0) is 15.1. The molecule has 0 bridgehead atoms. The largest absolute Gasteiger partial charge is 0.326 e. The second kappa shape index (κ2) is 8.26. The van der Waals surface area contributed by atoms with E-state index in [2.05, 4.69) is 24.8 Å². The molecule has 2 N–H and O–H groups in total. The van der Waals surface area contributed by atoms with Gasteiger partial charge >= 0.3 is 0 Å². The molecule has 0 aliphatic carbocycles. The first-order valence-corrected chi connectivity index (χ1v) is 7.46. The second-order valence-corrected chi connectivity index (χ2v) is 6.03. The van der Waals surface area contributed by atoms with Gasteiger partial charge in [-0.15, -0.1) is 0 Å². The molecule has 110 valence electrons. The molecule has 2 unspecified atom stereocenters. The van der Waals surface area contributed by atoms with Crippen LogP contribution in [0.2, 0.25) is 5.02 Å². The molecule has 1 rings (SSSR count). The van der Waals surface area contributed by atoms with E-state index in [1.54, 1.807) is 0 Å². The van der Waals surface area contributed by atoms with Crippen LogP contribution in [0.1, 0.15) is 38.8 Å². The summed E-state index contributed by atoms with van der Waals surface area (Å²) in [5, 5.41) is 9.60. The molecule has 4 heteroatoms. The van der Waals surface area contributed by atoms with Gasteiger partial charge < -0.3 is 5.73 Å². The van der Waals surface area contributed by atoms with Gasteiger partial charge in [-0.05, 0) is 24.5 Å². The molecule has 0 aliphatic rings. The van der Waals surface area contributed by atoms with Crippen LogP contribution in [0.25, 0.3) is 0 Å². The maximum Gasteiger partial charge on any atom is 0.0635 e. The third-order valence-electron chi connectivity index (χ3n) is 3.23. The number of rotatable bonds is 7. The van der Waals surface area contributed by atoms with Crippen molar-refractivity contribution in [3.8, 4) is 6.07 Å². The predicted octanol–water partition coefficient (Wildman–Crippen LogP) is 3.60. The van der Waals surface area contributed by atoms with E-state index in [0.717, 1.165) is 17.1 Å². The van der Waals surface area contributed by atoms with E-state index in [4.69, 9.17) is 22.6 Å². The molecule has 0 saturated carbocycles. The van der Waals surface area contributed by atoms with Gasteiger partial charge in [-0.3, -0.25) is 4.90 Å². The Morgan fingerprint density at radius 2 is 1.95 bits per heavy atom. The summed E-state index contributed by atoms with van der Waals surface area (Å²) in [6.45, 7) is 7.95. The SMILES string of the molecule is CC(C)CN(CCC#N)C(c1ccccc1Cl)C(C)N. The quantitative estimate of drug-likeness (QED) is 0.835. The number of benzene rings is 1. The highest BCUT2D eigenvalue weighted by atomic mass is 35.5. The van der Waals surface area contributed by atoms with E-state index >= 15 is 0 Å². The lowest BCUT2D eigenvalue weighted by molar-refractivity contribution is 0.161. The Labute approximate surface area is 127 Å². The molecule has 1 aromatic rings. The topological polar surface area (TPSA) is 53.0 Å². The zero-order valence-corrected chi connectivity index (χ0v) is 13.3. The normalized spacial score (nSPS) is 14.3. The molecule has 0 saturated heterocycles. The third kappa shape index (κ3) is 4.79. The number of nitrogens with two attached hydrogens (primary N) is 1. The summed E-state index contributed by atoms with van der Waals surface area (Å²) in [7, 11) is 0. The Bertz CT molecular complexity index is 451. The number of nitrogens with zero attached hydrogens (tertiary/aromatic N) is 2. The fraction of sp³-hybridized carbons (Fsp3) is 0.562. The highest BCUT2D eigenvalue weighted by molar-refractivity contribution is 6.31. The summed E-state index contributed by atoms with van der Waals surface area (Å²) in [6.07, 6.45) is 0.500. The molecule has 0 amide bonds. The lowest BCUT2D eigenvalue weighted by atomic mass is 9.97. The molecule has 0 spiro atoms. The van der Waals surface area contributed by atoms with Crippen molar-refractivity contribution >= 4 is 11.6 Å². The maximum absolute atomic E-state index is 8.86. The summed E-state index contributed by atoms with van der Waals surface area (Å²) in [4.78, 5) is 2.28. The number of halogens is 1. The molecule has 0 fully saturated rings. The van der Waals surface area contributed by atoms with E-state index in [9.17, 15) is 0 Å². The van der Waals surface area contributed by atoms with E-state index < -0.39 is 0 Å². The first kappa shape index (κ1) is 17.0. The Morgan fingerprint density at radius 3 is 2.45 bits per heavy atom. The van der Waals surface area contributed by atoms with E-state index in [-0.39, 0.29) is 12.1 Å². The fourth-order valence-corrected chi connectivity index (χ4v) is 2.78. The van der Waals surface area contributed by atoms with Crippen molar-refractivity contribution in [1.29, 1.82) is 5.26 Å². The predicted molar refractivity (Wildman–Crippen MR) is 84.5 cm³/mol. The number of hydrogen-bond acceptors (Lipinski definition) is 3. The van der Waals surface area contributed by atoms with Crippen molar-refractivity contribution in [2.75, 3.05) is 13.1 Å². The third-order valence-corrected chi connectivity index (χ3v) is 3.57. The fourth-order valence-electron chi connectivity index (χ4n) is 2.53. The van der Waals surface area contributed by atoms with Gasteiger partial charge in [-0.2, -0.15) is 5.26 Å². The van der Waals surface area contributed by atoms with Gasteiger partial charge in [0.25, 0.3) is 0 Å². The van der Waals surface area contributed by atoms with Gasteiger partial charge in [-0.25, -0.2) is 0 Å². The van der Waals surface area contributed by atoms with Crippen LogP contribution < -0.4 is 5.73 Å². The van der Waals surface area contributed by atoms with Crippen LogP contribution >= 0.6 is 11.6 Å². The molecule has 0 aliphatic heterocycles. The lowest BCUT2D eigenvalue weighted by Crippen LogP contribution is -2.42. The van der Waals surface area contributed by atoms with Gasteiger partial charge in [0.2, 0.25) is 0 Å². The smallest absolute Gasteiger partial charge is 0.0635 e. The zero-order valence-electron chi connectivity index (χ0n) is 12.5. The Balaban J connectivity index is 3.07. The average molecular weight is 294 g/mol. The summed E-state index contributed by atoms with van der Waals surface area (Å²) >= 11 is 6.33. The minimum Gasteiger partial charge on any atom is -0.326 e. The molecular formula is C16H24ClN3. The Kier molecular flexibility index (Phi) is 7.01. The monoisotopic (exact) mass is 293 g/mol. The van der Waals surface area contributed by atoms with E-state index in [0.29, 0.717) is 18.9 Å². The van der Waals surface area contributed by atoms with Gasteiger partial charge in [0.05, 0.1) is 12.1 Å². The number of nitriles is 1. The number of hydrogen-bond donors (Lipinski definition) is 1. The van der Waals surface area contributed by atoms with Crippen molar-refractivity contribution < 1.29 is 0 Å². The minimum atomic E-state index is -0.0488. The van der Waals surface area contributed by atoms with Crippen molar-refractivity contribution in [1.82, 2.24) is 4.90 Å². The van der Waals surface area contributed by atoms with Crippen molar-refractivity contribution in [2.24, 2.45) is 11.7 Å². The van der Waals surface area contributed by atoms with Gasteiger partial charge in [0, 0.05) is 30.6 Å². The van der Waals surface area contributed by atoms with Crippen LogP contribution in [0.4, 0.5) is 0 Å². The van der Waals surface area contributed by atoms with Crippen molar-refractivity contribution in [2.45, 2.75) is 39.3 Å². The van der Waals surface area contributed by atoms with Crippen LogP contribution in [-0.2, 0) is 0 Å². The molecule has 1 aromatic carbocycles. The van der Waals surface area contributed by atoms with Crippen molar-refractivity contribution in [3.63, 3.8) is 0 Å². The van der Waals surface area contributed by atoms with Crippen LogP contribution in [-0.4, -0.2) is 24.0 Å². The van der Waals surface area contributed by atoms with Crippen LogP contribution in [0.15, 0.2) is 24.3 Å². The average Bonchev–Trinajstić information content (AvgIpc) is 2.37. The molecular weight excluding hydrogens is 270 g/mol. The Morgan fingerprint density at radius 1 is 1.30 bits per heavy atom. The first-order valence-electron chi connectivity index (χ1n) is 7.08. The maximum atomic E-state index is 8.86. The lowest BCUT2D eigenvalue weighted by Gasteiger charge is -2.35. The standard InChI is InChI=1S/C16H24ClN3/c1-12(2)11-20(10-6-9-18)16(13(3)19)14-7-4-5-8-15(14)17/h4-5,7-8,12-13,16H,6,10-11,19H2,1-3H3. The summed E-state index contributed by atoms with van der Waals surface area (Å²) in [5.41, 5.74) is 7.25. The molecule has 0 heterocycles. The van der Waals surface area contributed by atoms with Crippen LogP contribution in [0.5, 0.6) is 0 Å². The van der Waals surface area contributed by atoms with E-state index in [1.165, 1.54) is 0 Å². The van der Waals surface area contributed by atoms with Gasteiger partial charge in [0.1, 0.15) is 0 Å². The van der Waals surface area contributed by atoms with Crippen molar-refractivity contribution in [3.05, 3.63) is 34.9 Å². The summed E-state index contributed by atoms with van der Waals surface area (Å²) in [6, 6.07) is 10.0. The van der Waals surface area contributed by atoms with Crippen LogP contribution in [0.3, 0.4) is 0 Å². The Hall–Kier alpha value is -1.08. The first-order chi connectivity index (χ1) is 9.47. The second-order valence-electron chi connectivity index (χ2n) is 5.62. The molecule has 2 atom stereocenters. The molecule has 3 nitrogen and oxygen atoms in total. The van der Waals surface area contributed by atoms with E-state index in [1.807, 2.05) is 31.2 Å². The van der Waals surface area contributed by atoms with Gasteiger partial charge in [-0.1, -0.05) is 43.6 Å². The van der Waals surface area contributed by atoms with Gasteiger partial charge in [0.15, 0.2) is 0 Å². The summed E-state index contributed by atoms with van der Waals surface area (Å²) in [5.74, 6) is 0.512. The molecule has 20 heavy (non-hydrogen) atoms. The highest BCUT2D eigenvalue weighted by Crippen LogP contribution is 2.30. The van der Waals surface area contributed by atoms with Crippen LogP contribution in [0, 0.1) is 17.2 Å². The molecule has 0 radical (unpaired) electrons. The summed E-state index contributed by atoms with van der Waals surface area (Å²) < 4.78 is 0. The highest BCUT2D eigenvalue weighted by Gasteiger charge is 2.26. The minimum absolute atomic E-state index is 0.0412.